The number of hydrogen-bond donors (Lipinski definition) is 0. The van der Waals surface area contributed by atoms with Gasteiger partial charge in [-0.2, -0.15) is 0 Å². The second-order valence-electron chi connectivity index (χ2n) is 2.81. The van der Waals surface area contributed by atoms with Crippen molar-refractivity contribution in [1.82, 2.24) is 4.98 Å². The second-order valence-corrected chi connectivity index (χ2v) is 5.19. The minimum absolute atomic E-state index is 0.598. The van der Waals surface area contributed by atoms with Gasteiger partial charge in [0.1, 0.15) is 5.01 Å². The van der Waals surface area contributed by atoms with Crippen LogP contribution in [0.25, 0.3) is 10.6 Å². The van der Waals surface area contributed by atoms with Crippen LogP contribution in [0.4, 0.5) is 0 Å². The highest BCUT2D eigenvalue weighted by molar-refractivity contribution is 9.10. The van der Waals surface area contributed by atoms with Crippen molar-refractivity contribution in [1.29, 1.82) is 0 Å². The first kappa shape index (κ1) is 10.8. The number of halogens is 2. The lowest BCUT2D eigenvalue weighted by atomic mass is 10.2. The Labute approximate surface area is 104 Å². The highest BCUT2D eigenvalue weighted by Crippen LogP contribution is 2.32. The smallest absolute Gasteiger partial charge is 0.161 e. The SMILES string of the molecule is O=Cc1cnc(-c2cc(Br)ccc2Cl)s1. The Morgan fingerprint density at radius 2 is 2.27 bits per heavy atom. The Morgan fingerprint density at radius 3 is 2.93 bits per heavy atom. The van der Waals surface area contributed by atoms with E-state index in [0.717, 1.165) is 21.3 Å². The van der Waals surface area contributed by atoms with Crippen LogP contribution in [0.5, 0.6) is 0 Å². The van der Waals surface area contributed by atoms with Gasteiger partial charge < -0.3 is 0 Å². The Morgan fingerprint density at radius 1 is 1.47 bits per heavy atom. The van der Waals surface area contributed by atoms with Gasteiger partial charge in [-0.15, -0.1) is 11.3 Å². The first-order valence-corrected chi connectivity index (χ1v) is 6.06. The zero-order chi connectivity index (χ0) is 10.8. The first-order chi connectivity index (χ1) is 7.20. The number of benzene rings is 1. The summed E-state index contributed by atoms with van der Waals surface area (Å²) in [5.74, 6) is 0. The largest absolute Gasteiger partial charge is 0.297 e. The highest BCUT2D eigenvalue weighted by Gasteiger charge is 2.08. The normalized spacial score (nSPS) is 10.3. The summed E-state index contributed by atoms with van der Waals surface area (Å²) in [5.41, 5.74) is 0.837. The molecule has 2 nitrogen and oxygen atoms in total. The lowest BCUT2D eigenvalue weighted by Crippen LogP contribution is -1.77. The molecular formula is C10H5BrClNOS. The molecular weight excluding hydrogens is 298 g/mol. The number of rotatable bonds is 2. The molecule has 1 aromatic heterocycles. The van der Waals surface area contributed by atoms with Crippen LogP contribution in [-0.4, -0.2) is 11.3 Å². The van der Waals surface area contributed by atoms with Gasteiger partial charge in [-0.3, -0.25) is 4.79 Å². The van der Waals surface area contributed by atoms with E-state index in [2.05, 4.69) is 20.9 Å². The highest BCUT2D eigenvalue weighted by atomic mass is 79.9. The van der Waals surface area contributed by atoms with Crippen molar-refractivity contribution in [3.63, 3.8) is 0 Å². The Hall–Kier alpha value is -0.710. The van der Waals surface area contributed by atoms with Gasteiger partial charge in [0.05, 0.1) is 9.90 Å². The molecule has 76 valence electrons. The molecule has 0 unspecified atom stereocenters. The summed E-state index contributed by atoms with van der Waals surface area (Å²) in [6.07, 6.45) is 2.33. The number of carbonyl (C=O) groups excluding carboxylic acids is 1. The van der Waals surface area contributed by atoms with Crippen LogP contribution in [0.3, 0.4) is 0 Å². The molecule has 0 fully saturated rings. The minimum atomic E-state index is 0.598. The maximum Gasteiger partial charge on any atom is 0.161 e. The van der Waals surface area contributed by atoms with Crippen molar-refractivity contribution in [3.8, 4) is 10.6 Å². The Bertz CT molecular complexity index is 512. The average molecular weight is 303 g/mol. The lowest BCUT2D eigenvalue weighted by Gasteiger charge is -2.00. The van der Waals surface area contributed by atoms with Crippen LogP contribution >= 0.6 is 38.9 Å². The van der Waals surface area contributed by atoms with Gasteiger partial charge in [0.25, 0.3) is 0 Å². The molecule has 2 aromatic rings. The predicted molar refractivity (Wildman–Crippen MR) is 65.6 cm³/mol. The van der Waals surface area contributed by atoms with Crippen molar-refractivity contribution in [2.75, 3.05) is 0 Å². The molecule has 0 saturated carbocycles. The molecule has 5 heteroatoms. The van der Waals surface area contributed by atoms with Crippen molar-refractivity contribution < 1.29 is 4.79 Å². The summed E-state index contributed by atoms with van der Waals surface area (Å²) in [5, 5.41) is 1.38. The second kappa shape index (κ2) is 4.43. The van der Waals surface area contributed by atoms with E-state index in [0.29, 0.717) is 9.90 Å². The molecule has 0 aliphatic carbocycles. The van der Waals surface area contributed by atoms with Crippen LogP contribution in [0.2, 0.25) is 5.02 Å². The fraction of sp³-hybridized carbons (Fsp3) is 0. The van der Waals surface area contributed by atoms with Crippen LogP contribution in [0.15, 0.2) is 28.9 Å². The van der Waals surface area contributed by atoms with E-state index in [1.54, 1.807) is 12.3 Å². The molecule has 0 radical (unpaired) electrons. The molecule has 1 heterocycles. The standard InChI is InChI=1S/C10H5BrClNOS/c11-6-1-2-9(12)8(3-6)10-13-4-7(5-14)15-10/h1-5H. The van der Waals surface area contributed by atoms with E-state index in [4.69, 9.17) is 11.6 Å². The first-order valence-electron chi connectivity index (χ1n) is 4.07. The van der Waals surface area contributed by atoms with Gasteiger partial charge >= 0.3 is 0 Å². The van der Waals surface area contributed by atoms with Crippen LogP contribution in [0, 0.1) is 0 Å². The molecule has 2 rings (SSSR count). The number of hydrogen-bond acceptors (Lipinski definition) is 3. The van der Waals surface area contributed by atoms with Gasteiger partial charge in [-0.1, -0.05) is 27.5 Å². The molecule has 1 aromatic carbocycles. The predicted octanol–water partition coefficient (Wildman–Crippen LogP) is 4.04. The van der Waals surface area contributed by atoms with Crippen LogP contribution < -0.4 is 0 Å². The Kier molecular flexibility index (Phi) is 3.19. The van der Waals surface area contributed by atoms with E-state index >= 15 is 0 Å². The van der Waals surface area contributed by atoms with Crippen molar-refractivity contribution in [3.05, 3.63) is 38.8 Å². The zero-order valence-electron chi connectivity index (χ0n) is 7.41. The molecule has 0 saturated heterocycles. The number of aldehydes is 1. The van der Waals surface area contributed by atoms with E-state index in [1.165, 1.54) is 11.3 Å². The lowest BCUT2D eigenvalue weighted by molar-refractivity contribution is 0.112. The number of nitrogens with zero attached hydrogens (tertiary/aromatic N) is 1. The average Bonchev–Trinajstić information content (AvgIpc) is 2.70. The summed E-state index contributed by atoms with van der Waals surface area (Å²) >= 11 is 10.7. The van der Waals surface area contributed by atoms with Crippen molar-refractivity contribution >= 4 is 45.2 Å². The molecule has 0 atom stereocenters. The third kappa shape index (κ3) is 2.27. The molecule has 0 aliphatic rings. The molecule has 15 heavy (non-hydrogen) atoms. The number of carbonyl (C=O) groups is 1. The summed E-state index contributed by atoms with van der Waals surface area (Å²) in [4.78, 5) is 15.3. The quantitative estimate of drug-likeness (QED) is 0.784. The summed E-state index contributed by atoms with van der Waals surface area (Å²) < 4.78 is 0.935. The molecule has 0 N–H and O–H groups in total. The van der Waals surface area contributed by atoms with Crippen molar-refractivity contribution in [2.24, 2.45) is 0 Å². The molecule has 0 amide bonds. The summed E-state index contributed by atoms with van der Waals surface area (Å²) in [7, 11) is 0. The van der Waals surface area contributed by atoms with Gasteiger partial charge in [-0.25, -0.2) is 4.98 Å². The molecule has 0 bridgehead atoms. The van der Waals surface area contributed by atoms with Gasteiger partial charge in [0.2, 0.25) is 0 Å². The van der Waals surface area contributed by atoms with E-state index in [9.17, 15) is 4.79 Å². The zero-order valence-corrected chi connectivity index (χ0v) is 10.6. The third-order valence-electron chi connectivity index (χ3n) is 1.80. The van der Waals surface area contributed by atoms with Gasteiger partial charge in [0.15, 0.2) is 6.29 Å². The van der Waals surface area contributed by atoms with Gasteiger partial charge in [-0.05, 0) is 18.2 Å². The molecule has 0 aliphatic heterocycles. The number of aromatic nitrogens is 1. The topological polar surface area (TPSA) is 30.0 Å². The van der Waals surface area contributed by atoms with E-state index in [1.807, 2.05) is 12.1 Å². The van der Waals surface area contributed by atoms with Gasteiger partial charge in [0, 0.05) is 16.2 Å². The van der Waals surface area contributed by atoms with Crippen LogP contribution in [-0.2, 0) is 0 Å². The van der Waals surface area contributed by atoms with Crippen LogP contribution in [0.1, 0.15) is 9.67 Å². The summed E-state index contributed by atoms with van der Waals surface area (Å²) in [6.45, 7) is 0. The van der Waals surface area contributed by atoms with E-state index < -0.39 is 0 Å². The van der Waals surface area contributed by atoms with E-state index in [-0.39, 0.29) is 0 Å². The Balaban J connectivity index is 2.52. The molecule has 0 spiro atoms. The maximum atomic E-state index is 10.5. The third-order valence-corrected chi connectivity index (χ3v) is 3.58. The minimum Gasteiger partial charge on any atom is -0.297 e. The number of thiazole rings is 1. The maximum absolute atomic E-state index is 10.5. The monoisotopic (exact) mass is 301 g/mol. The fourth-order valence-corrected chi connectivity index (χ4v) is 2.51. The van der Waals surface area contributed by atoms with Crippen molar-refractivity contribution in [2.45, 2.75) is 0 Å². The fourth-order valence-electron chi connectivity index (χ4n) is 1.13. The summed E-state index contributed by atoms with van der Waals surface area (Å²) in [6, 6.07) is 5.54.